The number of aromatic amines is 1. The molecule has 2 aromatic carbocycles. The molecule has 5 N–H and O–H groups in total. The van der Waals surface area contributed by atoms with Crippen LogP contribution in [-0.2, 0) is 35.8 Å². The molecule has 15 nitrogen and oxygen atoms in total. The number of aromatic nitrogens is 2. The number of aryl methyl sites for hydroxylation is 2. The van der Waals surface area contributed by atoms with Gasteiger partial charge in [0.1, 0.15) is 18.4 Å². The van der Waals surface area contributed by atoms with Crippen molar-refractivity contribution in [3.63, 3.8) is 0 Å². The van der Waals surface area contributed by atoms with Gasteiger partial charge in [-0.3, -0.25) is 14.5 Å². The zero-order valence-electron chi connectivity index (χ0n) is 25.2. The Morgan fingerprint density at radius 2 is 1.89 bits per heavy atom. The van der Waals surface area contributed by atoms with E-state index in [9.17, 15) is 27.9 Å². The number of carboxylic acids is 1. The number of aliphatic carboxylic acids is 1. The Bertz CT molecular complexity index is 1700. The second-order valence-electron chi connectivity index (χ2n) is 11.3. The fraction of sp³-hybridized carbons (Fsp3) is 0.367. The van der Waals surface area contributed by atoms with Gasteiger partial charge < -0.3 is 30.3 Å². The van der Waals surface area contributed by atoms with Crippen LogP contribution >= 0.6 is 0 Å². The van der Waals surface area contributed by atoms with Crippen LogP contribution in [0.2, 0.25) is 0 Å². The first-order valence-corrected chi connectivity index (χ1v) is 16.0. The van der Waals surface area contributed by atoms with Crippen molar-refractivity contribution in [3.8, 4) is 0 Å². The monoisotopic (exact) mass is 653 g/mol. The molecule has 0 aliphatic carbocycles. The predicted molar refractivity (Wildman–Crippen MR) is 165 cm³/mol. The van der Waals surface area contributed by atoms with E-state index < -0.39 is 52.2 Å². The maximum absolute atomic E-state index is 13.2. The van der Waals surface area contributed by atoms with E-state index in [0.717, 1.165) is 5.56 Å². The smallest absolute Gasteiger partial charge is 0.410 e. The lowest BCUT2D eigenvalue weighted by atomic mass is 9.94. The van der Waals surface area contributed by atoms with Crippen molar-refractivity contribution < 1.29 is 37.5 Å². The Hall–Kier alpha value is -4.96. The molecule has 3 atom stereocenters. The number of carboxylic acid groups (broad SMARTS) is 1. The number of rotatable bonds is 12. The highest BCUT2D eigenvalue weighted by atomic mass is 32.2. The van der Waals surface area contributed by atoms with Crippen molar-refractivity contribution in [1.82, 2.24) is 24.9 Å². The van der Waals surface area contributed by atoms with E-state index in [1.807, 2.05) is 30.3 Å². The van der Waals surface area contributed by atoms with Gasteiger partial charge in [0.25, 0.3) is 5.91 Å². The summed E-state index contributed by atoms with van der Waals surface area (Å²) in [6, 6.07) is 12.1. The van der Waals surface area contributed by atoms with E-state index in [1.165, 1.54) is 4.90 Å². The molecule has 1 aromatic heterocycles. The number of nitrogens with one attached hydrogen (secondary N) is 4. The summed E-state index contributed by atoms with van der Waals surface area (Å²) >= 11 is 0. The van der Waals surface area contributed by atoms with Crippen LogP contribution in [0.4, 0.5) is 10.7 Å². The van der Waals surface area contributed by atoms with E-state index in [2.05, 4.69) is 30.5 Å². The molecule has 2 aliphatic rings. The maximum Gasteiger partial charge on any atom is 0.410 e. The molecule has 2 unspecified atom stereocenters. The summed E-state index contributed by atoms with van der Waals surface area (Å²) in [5.41, 5.74) is 0.695. The molecular weight excluding hydrogens is 618 g/mol. The van der Waals surface area contributed by atoms with Crippen molar-refractivity contribution in [3.05, 3.63) is 77.6 Å². The topological polar surface area (TPSA) is 204 Å². The summed E-state index contributed by atoms with van der Waals surface area (Å²) in [7, 11) is -4.21. The summed E-state index contributed by atoms with van der Waals surface area (Å²) in [5, 5.41) is 19.3. The number of carbonyl (C=O) groups excluding carboxylic acids is 2. The number of H-pyrrole nitrogens is 1. The number of ether oxygens (including phenoxy) is 1. The summed E-state index contributed by atoms with van der Waals surface area (Å²) in [6.07, 6.45) is 3.03. The van der Waals surface area contributed by atoms with Crippen molar-refractivity contribution in [2.24, 2.45) is 5.16 Å². The summed E-state index contributed by atoms with van der Waals surface area (Å²) in [4.78, 5) is 52.6. The van der Waals surface area contributed by atoms with Gasteiger partial charge in [0, 0.05) is 38.3 Å². The van der Waals surface area contributed by atoms with Gasteiger partial charge in [-0.1, -0.05) is 53.7 Å². The lowest BCUT2D eigenvalue weighted by Crippen LogP contribution is -2.49. The highest BCUT2D eigenvalue weighted by Crippen LogP contribution is 2.38. The van der Waals surface area contributed by atoms with Crippen molar-refractivity contribution >= 4 is 39.7 Å². The van der Waals surface area contributed by atoms with Gasteiger partial charge >= 0.3 is 12.1 Å². The normalized spacial score (nSPS) is 19.7. The largest absolute Gasteiger partial charge is 0.480 e. The summed E-state index contributed by atoms with van der Waals surface area (Å²) < 4.78 is 33.8. The van der Waals surface area contributed by atoms with E-state index in [0.29, 0.717) is 30.0 Å². The quantitative estimate of drug-likeness (QED) is 0.192. The van der Waals surface area contributed by atoms with Crippen LogP contribution in [0.15, 0.2) is 71.0 Å². The maximum atomic E-state index is 13.2. The standard InChI is InChI=1S/C30H35N7O8S/c1-19-7-6-8-20(2)25(19)46(42,43)36-24(27(39)40)16-33-26(38)23-14-30(45-35-23)13-22(15-34-28-31-11-12-32-28)37(18-30)29(41)44-17-21-9-4-3-5-10-21/h3-12,22,24,36H,13-18H2,1-2H3,(H,33,38)(H,39,40)(H2,31,32,34)/t22?,24?,30-/m0/s1. The number of oxime groups is 1. The Morgan fingerprint density at radius 1 is 1.15 bits per heavy atom. The number of imidazole rings is 1. The third-order valence-electron chi connectivity index (χ3n) is 7.79. The number of nitrogens with zero attached hydrogens (tertiary/aromatic N) is 3. The Kier molecular flexibility index (Phi) is 9.57. The van der Waals surface area contributed by atoms with Crippen LogP contribution in [0.3, 0.4) is 0 Å². The van der Waals surface area contributed by atoms with Gasteiger partial charge in [0.2, 0.25) is 10.0 Å². The Morgan fingerprint density at radius 3 is 2.57 bits per heavy atom. The average Bonchev–Trinajstić information content (AvgIpc) is 3.78. The molecule has 46 heavy (non-hydrogen) atoms. The molecular formula is C30H35N7O8S. The van der Waals surface area contributed by atoms with Crippen LogP contribution in [0.25, 0.3) is 0 Å². The number of amides is 2. The third kappa shape index (κ3) is 7.46. The molecule has 16 heteroatoms. The molecule has 5 rings (SSSR count). The van der Waals surface area contributed by atoms with E-state index in [1.54, 1.807) is 44.4 Å². The zero-order valence-corrected chi connectivity index (χ0v) is 26.0. The molecule has 1 saturated heterocycles. The second kappa shape index (κ2) is 13.6. The minimum atomic E-state index is -4.21. The SMILES string of the molecule is Cc1cccc(C)c1S(=O)(=O)NC(CNC(=O)C1=NO[C@]2(C1)CC(CNc1ncc[nH]1)N(C(=O)OCc1ccccc1)C2)C(=O)O. The number of hydrogen-bond acceptors (Lipinski definition) is 10. The zero-order chi connectivity index (χ0) is 32.9. The minimum Gasteiger partial charge on any atom is -0.480 e. The number of benzene rings is 2. The van der Waals surface area contributed by atoms with Gasteiger partial charge in [0.05, 0.1) is 17.5 Å². The lowest BCUT2D eigenvalue weighted by Gasteiger charge is -2.24. The number of sulfonamides is 1. The van der Waals surface area contributed by atoms with Crippen molar-refractivity contribution in [1.29, 1.82) is 0 Å². The molecule has 244 valence electrons. The fourth-order valence-electron chi connectivity index (χ4n) is 5.60. The van der Waals surface area contributed by atoms with Gasteiger partial charge in [-0.05, 0) is 30.5 Å². The number of anilines is 1. The fourth-order valence-corrected chi connectivity index (χ4v) is 7.26. The molecule has 1 spiro atoms. The second-order valence-corrected chi connectivity index (χ2v) is 12.9. The number of likely N-dealkylation sites (tertiary alicyclic amines) is 1. The van der Waals surface area contributed by atoms with E-state index in [4.69, 9.17) is 9.57 Å². The van der Waals surface area contributed by atoms with Crippen LogP contribution in [-0.4, -0.2) is 89.4 Å². The van der Waals surface area contributed by atoms with Crippen LogP contribution in [0, 0.1) is 13.8 Å². The molecule has 2 aliphatic heterocycles. The summed E-state index contributed by atoms with van der Waals surface area (Å²) in [6.45, 7) is 3.14. The van der Waals surface area contributed by atoms with E-state index >= 15 is 0 Å². The molecule has 3 heterocycles. The highest BCUT2D eigenvalue weighted by molar-refractivity contribution is 7.89. The lowest BCUT2D eigenvalue weighted by molar-refractivity contribution is -0.138. The third-order valence-corrected chi connectivity index (χ3v) is 9.57. The molecule has 3 aromatic rings. The molecule has 0 saturated carbocycles. The average molecular weight is 654 g/mol. The first-order valence-electron chi connectivity index (χ1n) is 14.5. The summed E-state index contributed by atoms with van der Waals surface area (Å²) in [5.74, 6) is -1.67. The minimum absolute atomic E-state index is 0.0148. The first-order chi connectivity index (χ1) is 22.0. The van der Waals surface area contributed by atoms with Crippen molar-refractivity contribution in [2.75, 3.05) is 25.0 Å². The van der Waals surface area contributed by atoms with Gasteiger partial charge in [-0.2, -0.15) is 4.72 Å². The number of carbonyl (C=O) groups is 3. The van der Waals surface area contributed by atoms with Crippen LogP contribution in [0.1, 0.15) is 29.5 Å². The number of hydrogen-bond donors (Lipinski definition) is 5. The van der Waals surface area contributed by atoms with Gasteiger partial charge in [0.15, 0.2) is 11.5 Å². The van der Waals surface area contributed by atoms with Gasteiger partial charge in [-0.15, -0.1) is 0 Å². The van der Waals surface area contributed by atoms with Crippen molar-refractivity contribution in [2.45, 2.75) is 55.9 Å². The Balaban J connectivity index is 1.21. The molecule has 0 radical (unpaired) electrons. The van der Waals surface area contributed by atoms with Crippen LogP contribution < -0.4 is 15.4 Å². The van der Waals surface area contributed by atoms with Crippen LogP contribution in [0.5, 0.6) is 0 Å². The predicted octanol–water partition coefficient (Wildman–Crippen LogP) is 1.91. The Labute approximate surface area is 265 Å². The van der Waals surface area contributed by atoms with E-state index in [-0.39, 0.29) is 30.2 Å². The highest BCUT2D eigenvalue weighted by Gasteiger charge is 2.52. The first kappa shape index (κ1) is 32.4. The molecule has 1 fully saturated rings. The van der Waals surface area contributed by atoms with Gasteiger partial charge in [-0.25, -0.2) is 18.2 Å². The molecule has 2 amide bonds. The molecule has 0 bridgehead atoms.